The number of carbonyl (C=O) groups excluding carboxylic acids is 2. The molecule has 3 aromatic rings. The second-order valence-corrected chi connectivity index (χ2v) is 9.35. The van der Waals surface area contributed by atoms with Crippen molar-refractivity contribution in [3.05, 3.63) is 83.1 Å². The molecule has 9 nitrogen and oxygen atoms in total. The molecule has 1 aliphatic heterocycles. The van der Waals surface area contributed by atoms with Crippen LogP contribution >= 0.6 is 11.6 Å². The molecule has 11 heteroatoms. The van der Waals surface area contributed by atoms with E-state index < -0.39 is 15.9 Å². The summed E-state index contributed by atoms with van der Waals surface area (Å²) >= 11 is 6.19. The molecule has 0 radical (unpaired) electrons. The van der Waals surface area contributed by atoms with Crippen LogP contribution in [0.1, 0.15) is 20.7 Å². The lowest BCUT2D eigenvalue weighted by Gasteiger charge is -2.28. The molecule has 1 fully saturated rings. The summed E-state index contributed by atoms with van der Waals surface area (Å²) in [5.41, 5.74) is 1.91. The van der Waals surface area contributed by atoms with Gasteiger partial charge in [-0.2, -0.15) is 0 Å². The Kier molecular flexibility index (Phi) is 6.59. The van der Waals surface area contributed by atoms with Crippen molar-refractivity contribution in [3.63, 3.8) is 0 Å². The summed E-state index contributed by atoms with van der Waals surface area (Å²) in [6.07, 6.45) is 2.99. The average Bonchev–Trinajstić information content (AvgIpc) is 2.81. The molecule has 2 heterocycles. The van der Waals surface area contributed by atoms with Gasteiger partial charge < -0.3 is 15.4 Å². The Morgan fingerprint density at radius 3 is 2.45 bits per heavy atom. The highest BCUT2D eigenvalue weighted by Gasteiger charge is 2.26. The minimum Gasteiger partial charge on any atom is -0.362 e. The summed E-state index contributed by atoms with van der Waals surface area (Å²) in [7, 11) is -3.54. The molecule has 2 amide bonds. The first kappa shape index (κ1) is 22.7. The lowest BCUT2D eigenvalue weighted by molar-refractivity contribution is 0.101. The van der Waals surface area contributed by atoms with E-state index in [2.05, 4.69) is 15.6 Å². The number of ether oxygens (including phenoxy) is 1. The maximum atomic E-state index is 12.7. The number of carbonyl (C=O) groups is 2. The predicted molar refractivity (Wildman–Crippen MR) is 125 cm³/mol. The number of aromatic nitrogens is 1. The number of pyridine rings is 1. The number of rotatable bonds is 5. The number of hydrogen-bond acceptors (Lipinski definition) is 6. The molecular weight excluding hydrogens is 468 g/mol. The van der Waals surface area contributed by atoms with Gasteiger partial charge in [0, 0.05) is 23.6 Å². The van der Waals surface area contributed by atoms with Gasteiger partial charge in [0.1, 0.15) is 0 Å². The summed E-state index contributed by atoms with van der Waals surface area (Å²) in [5, 5.41) is 5.74. The minimum atomic E-state index is -3.54. The molecule has 2 aromatic carbocycles. The SMILES string of the molecule is O=C(Nc1ccc(Cl)c(NC(=O)c2cccnc2)c1)c1ccc(N2CCOCS2(=O)=O)cc1. The summed E-state index contributed by atoms with van der Waals surface area (Å²) in [6.45, 7) is 0.518. The van der Waals surface area contributed by atoms with Gasteiger partial charge in [-0.1, -0.05) is 11.6 Å². The quantitative estimate of drug-likeness (QED) is 0.571. The third-order valence-electron chi connectivity index (χ3n) is 4.82. The number of anilines is 3. The van der Waals surface area contributed by atoms with Gasteiger partial charge in [0.2, 0.25) is 0 Å². The lowest BCUT2D eigenvalue weighted by Crippen LogP contribution is -2.41. The highest BCUT2D eigenvalue weighted by Crippen LogP contribution is 2.27. The first-order valence-corrected chi connectivity index (χ1v) is 11.8. The number of halogens is 1. The van der Waals surface area contributed by atoms with Crippen molar-refractivity contribution in [1.29, 1.82) is 0 Å². The number of nitrogens with one attached hydrogen (secondary N) is 2. The van der Waals surface area contributed by atoms with Crippen LogP contribution in [0.15, 0.2) is 67.0 Å². The zero-order chi connectivity index (χ0) is 23.4. The smallest absolute Gasteiger partial charge is 0.259 e. The standard InChI is InChI=1S/C22H19ClN4O5S/c23-19-8-5-17(12-20(19)26-22(29)16-2-1-9-24-13-16)25-21(28)15-3-6-18(7-4-15)27-10-11-32-14-33(27,30)31/h1-9,12-13H,10-11,14H2,(H,25,28)(H,26,29). The molecule has 170 valence electrons. The Hall–Kier alpha value is -3.47. The lowest BCUT2D eigenvalue weighted by atomic mass is 10.2. The molecule has 1 aromatic heterocycles. The number of nitrogens with zero attached hydrogens (tertiary/aromatic N) is 2. The Bertz CT molecular complexity index is 1280. The number of amides is 2. The van der Waals surface area contributed by atoms with Crippen molar-refractivity contribution < 1.29 is 22.7 Å². The number of benzene rings is 2. The summed E-state index contributed by atoms with van der Waals surface area (Å²) < 4.78 is 30.6. The normalized spacial score (nSPS) is 15.0. The van der Waals surface area contributed by atoms with E-state index in [0.717, 1.165) is 0 Å². The van der Waals surface area contributed by atoms with Crippen LogP contribution in [0.25, 0.3) is 0 Å². The van der Waals surface area contributed by atoms with Crippen LogP contribution in [0.3, 0.4) is 0 Å². The van der Waals surface area contributed by atoms with Gasteiger partial charge in [-0.05, 0) is 54.6 Å². The van der Waals surface area contributed by atoms with Crippen LogP contribution in [0, 0.1) is 0 Å². The number of sulfonamides is 1. The van der Waals surface area contributed by atoms with Crippen LogP contribution < -0.4 is 14.9 Å². The highest BCUT2D eigenvalue weighted by molar-refractivity contribution is 7.92. The monoisotopic (exact) mass is 486 g/mol. The van der Waals surface area contributed by atoms with Gasteiger partial charge in [0.25, 0.3) is 21.8 Å². The second-order valence-electron chi connectivity index (χ2n) is 7.10. The average molecular weight is 487 g/mol. The first-order valence-electron chi connectivity index (χ1n) is 9.84. The van der Waals surface area contributed by atoms with Crippen molar-refractivity contribution in [1.82, 2.24) is 4.98 Å². The maximum Gasteiger partial charge on any atom is 0.259 e. The molecule has 1 aliphatic rings. The van der Waals surface area contributed by atoms with Crippen LogP contribution in [0.4, 0.5) is 17.1 Å². The minimum absolute atomic E-state index is 0.214. The van der Waals surface area contributed by atoms with Crippen LogP contribution in [0.2, 0.25) is 5.02 Å². The second kappa shape index (κ2) is 9.57. The first-order chi connectivity index (χ1) is 15.8. The molecule has 0 spiro atoms. The fourth-order valence-corrected chi connectivity index (χ4v) is 4.59. The highest BCUT2D eigenvalue weighted by atomic mass is 35.5. The van der Waals surface area contributed by atoms with Gasteiger partial charge in [-0.25, -0.2) is 8.42 Å². The third kappa shape index (κ3) is 5.30. The van der Waals surface area contributed by atoms with Crippen molar-refractivity contribution >= 4 is 50.5 Å². The van der Waals surface area contributed by atoms with E-state index in [0.29, 0.717) is 39.8 Å². The number of hydrogen-bond donors (Lipinski definition) is 2. The van der Waals surface area contributed by atoms with E-state index in [1.807, 2.05) is 0 Å². The zero-order valence-corrected chi connectivity index (χ0v) is 18.8. The fourth-order valence-electron chi connectivity index (χ4n) is 3.18. The van der Waals surface area contributed by atoms with Crippen LogP contribution in [-0.2, 0) is 14.8 Å². The molecule has 0 atom stereocenters. The van der Waals surface area contributed by atoms with Gasteiger partial charge in [-0.15, -0.1) is 0 Å². The summed E-state index contributed by atoms with van der Waals surface area (Å²) in [6, 6.07) is 14.2. The molecule has 0 aliphatic carbocycles. The summed E-state index contributed by atoms with van der Waals surface area (Å²) in [4.78, 5) is 29.0. The van der Waals surface area contributed by atoms with Crippen LogP contribution in [-0.4, -0.2) is 44.3 Å². The molecule has 1 saturated heterocycles. The molecule has 33 heavy (non-hydrogen) atoms. The van der Waals surface area contributed by atoms with Crippen molar-refractivity contribution in [2.45, 2.75) is 0 Å². The Morgan fingerprint density at radius 2 is 1.76 bits per heavy atom. The molecule has 4 rings (SSSR count). The Labute approximate surface area is 195 Å². The molecule has 0 saturated carbocycles. The molecule has 0 bridgehead atoms. The van der Waals surface area contributed by atoms with Crippen LogP contribution in [0.5, 0.6) is 0 Å². The van der Waals surface area contributed by atoms with E-state index >= 15 is 0 Å². The largest absolute Gasteiger partial charge is 0.362 e. The van der Waals surface area contributed by atoms with E-state index in [4.69, 9.17) is 16.3 Å². The zero-order valence-electron chi connectivity index (χ0n) is 17.2. The molecule has 0 unspecified atom stereocenters. The van der Waals surface area contributed by atoms with Gasteiger partial charge in [-0.3, -0.25) is 18.9 Å². The topological polar surface area (TPSA) is 118 Å². The van der Waals surface area contributed by atoms with E-state index in [1.165, 1.54) is 22.6 Å². The summed E-state index contributed by atoms with van der Waals surface area (Å²) in [5.74, 6) is -1.16. The fraction of sp³-hybridized carbons (Fsp3) is 0.136. The van der Waals surface area contributed by atoms with Gasteiger partial charge >= 0.3 is 0 Å². The predicted octanol–water partition coefficient (Wildman–Crippen LogP) is 3.36. The molecule has 2 N–H and O–H groups in total. The Morgan fingerprint density at radius 1 is 1.00 bits per heavy atom. The van der Waals surface area contributed by atoms with E-state index in [-0.39, 0.29) is 18.4 Å². The third-order valence-corrected chi connectivity index (χ3v) is 6.68. The van der Waals surface area contributed by atoms with Gasteiger partial charge in [0.15, 0.2) is 5.94 Å². The van der Waals surface area contributed by atoms with E-state index in [9.17, 15) is 18.0 Å². The van der Waals surface area contributed by atoms with Crippen molar-refractivity contribution in [3.8, 4) is 0 Å². The maximum absolute atomic E-state index is 12.7. The van der Waals surface area contributed by atoms with Gasteiger partial charge in [0.05, 0.1) is 35.1 Å². The van der Waals surface area contributed by atoms with Crippen molar-refractivity contribution in [2.24, 2.45) is 0 Å². The molecular formula is C22H19ClN4O5S. The van der Waals surface area contributed by atoms with Crippen molar-refractivity contribution in [2.75, 3.05) is 34.0 Å². The Balaban J connectivity index is 1.46. The van der Waals surface area contributed by atoms with E-state index in [1.54, 1.807) is 48.7 Å².